The first kappa shape index (κ1) is 18.7. The van der Waals surface area contributed by atoms with Crippen LogP contribution in [0.5, 0.6) is 5.75 Å². The van der Waals surface area contributed by atoms with Gasteiger partial charge in [-0.05, 0) is 64.5 Å². The maximum absolute atomic E-state index is 12.2. The van der Waals surface area contributed by atoms with Crippen LogP contribution in [0.25, 0.3) is 11.8 Å². The number of rotatable bonds is 3. The SMILES string of the molecule is CC(=O)Oc1c(Br)cc(Cl)cc1/C=C1\C=C(c2ccc(Cl)cc2)OC1=O. The highest BCUT2D eigenvalue weighted by Crippen LogP contribution is 2.36. The lowest BCUT2D eigenvalue weighted by atomic mass is 10.1. The van der Waals surface area contributed by atoms with Crippen molar-refractivity contribution in [3.63, 3.8) is 0 Å². The van der Waals surface area contributed by atoms with Gasteiger partial charge in [-0.25, -0.2) is 4.79 Å². The molecule has 1 aliphatic heterocycles. The number of ether oxygens (including phenoxy) is 2. The first-order chi connectivity index (χ1) is 12.3. The number of cyclic esters (lactones) is 1. The second kappa shape index (κ2) is 7.66. The average Bonchev–Trinajstić information content (AvgIpc) is 2.92. The van der Waals surface area contributed by atoms with Crippen LogP contribution in [0.4, 0.5) is 0 Å². The summed E-state index contributed by atoms with van der Waals surface area (Å²) >= 11 is 15.3. The van der Waals surface area contributed by atoms with E-state index in [1.54, 1.807) is 48.6 Å². The van der Waals surface area contributed by atoms with Crippen LogP contribution in [-0.4, -0.2) is 11.9 Å². The van der Waals surface area contributed by atoms with Crippen molar-refractivity contribution in [2.24, 2.45) is 0 Å². The van der Waals surface area contributed by atoms with Crippen LogP contribution in [0, 0.1) is 0 Å². The Labute approximate surface area is 168 Å². The van der Waals surface area contributed by atoms with Gasteiger partial charge in [0.2, 0.25) is 0 Å². The number of hydrogen-bond acceptors (Lipinski definition) is 4. The fourth-order valence-electron chi connectivity index (χ4n) is 2.35. The second-order valence-corrected chi connectivity index (χ2v) is 7.13. The third-order valence-electron chi connectivity index (χ3n) is 3.45. The van der Waals surface area contributed by atoms with E-state index in [-0.39, 0.29) is 5.75 Å². The van der Waals surface area contributed by atoms with Gasteiger partial charge >= 0.3 is 11.9 Å². The van der Waals surface area contributed by atoms with Gasteiger partial charge in [-0.3, -0.25) is 4.79 Å². The molecule has 0 saturated heterocycles. The van der Waals surface area contributed by atoms with Crippen LogP contribution in [0.15, 0.2) is 52.5 Å². The number of carbonyl (C=O) groups is 2. The number of carbonyl (C=O) groups excluding carboxylic acids is 2. The van der Waals surface area contributed by atoms with E-state index < -0.39 is 11.9 Å². The Morgan fingerprint density at radius 3 is 2.50 bits per heavy atom. The Bertz CT molecular complexity index is 962. The average molecular weight is 454 g/mol. The minimum absolute atomic E-state index is 0.274. The van der Waals surface area contributed by atoms with Gasteiger partial charge in [-0.1, -0.05) is 23.2 Å². The Morgan fingerprint density at radius 1 is 1.15 bits per heavy atom. The molecule has 3 rings (SSSR count). The summed E-state index contributed by atoms with van der Waals surface area (Å²) in [4.78, 5) is 23.6. The molecule has 0 radical (unpaired) electrons. The molecule has 0 spiro atoms. The fraction of sp³-hybridized carbons (Fsp3) is 0.0526. The van der Waals surface area contributed by atoms with Crippen molar-refractivity contribution < 1.29 is 19.1 Å². The summed E-state index contributed by atoms with van der Waals surface area (Å²) in [6, 6.07) is 10.1. The van der Waals surface area contributed by atoms with Gasteiger partial charge in [0.25, 0.3) is 0 Å². The topological polar surface area (TPSA) is 52.6 Å². The molecule has 2 aromatic carbocycles. The maximum Gasteiger partial charge on any atom is 0.343 e. The molecule has 0 atom stereocenters. The first-order valence-corrected chi connectivity index (χ1v) is 8.97. The van der Waals surface area contributed by atoms with Gasteiger partial charge in [0.05, 0.1) is 10.0 Å². The van der Waals surface area contributed by atoms with E-state index in [0.717, 1.165) is 5.56 Å². The van der Waals surface area contributed by atoms with E-state index in [9.17, 15) is 9.59 Å². The van der Waals surface area contributed by atoms with E-state index >= 15 is 0 Å². The Morgan fingerprint density at radius 2 is 1.85 bits per heavy atom. The van der Waals surface area contributed by atoms with Gasteiger partial charge in [0.1, 0.15) is 5.76 Å². The molecule has 1 heterocycles. The van der Waals surface area contributed by atoms with Crippen LogP contribution in [-0.2, 0) is 14.3 Å². The van der Waals surface area contributed by atoms with E-state index in [1.807, 2.05) is 0 Å². The quantitative estimate of drug-likeness (QED) is 0.341. The lowest BCUT2D eigenvalue weighted by Gasteiger charge is -2.09. The van der Waals surface area contributed by atoms with Gasteiger partial charge in [0.15, 0.2) is 5.75 Å². The molecule has 7 heteroatoms. The van der Waals surface area contributed by atoms with E-state index in [4.69, 9.17) is 32.7 Å². The van der Waals surface area contributed by atoms with Crippen LogP contribution < -0.4 is 4.74 Å². The first-order valence-electron chi connectivity index (χ1n) is 7.42. The molecule has 0 aromatic heterocycles. The van der Waals surface area contributed by atoms with Gasteiger partial charge in [-0.2, -0.15) is 0 Å². The molecule has 0 bridgehead atoms. The molecule has 132 valence electrons. The predicted molar refractivity (Wildman–Crippen MR) is 104 cm³/mol. The normalized spacial score (nSPS) is 15.0. The van der Waals surface area contributed by atoms with Gasteiger partial charge in [0, 0.05) is 28.1 Å². The minimum Gasteiger partial charge on any atom is -0.425 e. The lowest BCUT2D eigenvalue weighted by molar-refractivity contribution is -0.132. The van der Waals surface area contributed by atoms with E-state index in [0.29, 0.717) is 31.4 Å². The van der Waals surface area contributed by atoms with Crippen molar-refractivity contribution in [3.05, 3.63) is 73.7 Å². The fourth-order valence-corrected chi connectivity index (χ4v) is 3.39. The minimum atomic E-state index is -0.514. The Kier molecular flexibility index (Phi) is 5.51. The molecule has 0 aliphatic carbocycles. The summed E-state index contributed by atoms with van der Waals surface area (Å²) in [6.45, 7) is 1.29. The molecular weight excluding hydrogens is 443 g/mol. The monoisotopic (exact) mass is 452 g/mol. The van der Waals surface area contributed by atoms with Crippen LogP contribution in [0.1, 0.15) is 18.1 Å². The summed E-state index contributed by atoms with van der Waals surface area (Å²) in [5.74, 6) is -0.317. The third kappa shape index (κ3) is 4.18. The lowest BCUT2D eigenvalue weighted by Crippen LogP contribution is -2.04. The van der Waals surface area contributed by atoms with E-state index in [1.165, 1.54) is 6.92 Å². The highest BCUT2D eigenvalue weighted by atomic mass is 79.9. The number of halogens is 3. The molecule has 0 unspecified atom stereocenters. The third-order valence-corrected chi connectivity index (χ3v) is 4.51. The number of esters is 2. The Hall–Kier alpha value is -2.08. The molecule has 0 N–H and O–H groups in total. The van der Waals surface area contributed by atoms with Crippen molar-refractivity contribution in [1.82, 2.24) is 0 Å². The van der Waals surface area contributed by atoms with Gasteiger partial charge < -0.3 is 9.47 Å². The molecule has 2 aromatic rings. The molecule has 0 saturated carbocycles. The summed E-state index contributed by atoms with van der Waals surface area (Å²) in [7, 11) is 0. The van der Waals surface area contributed by atoms with Gasteiger partial charge in [-0.15, -0.1) is 0 Å². The number of hydrogen-bond donors (Lipinski definition) is 0. The zero-order valence-corrected chi connectivity index (χ0v) is 16.5. The van der Waals surface area contributed by atoms with Crippen LogP contribution in [0.2, 0.25) is 10.0 Å². The second-order valence-electron chi connectivity index (χ2n) is 5.40. The van der Waals surface area contributed by atoms with Crippen molar-refractivity contribution in [1.29, 1.82) is 0 Å². The zero-order chi connectivity index (χ0) is 18.8. The molecule has 26 heavy (non-hydrogen) atoms. The van der Waals surface area contributed by atoms with Crippen LogP contribution in [0.3, 0.4) is 0 Å². The standard InChI is InChI=1S/C19H11BrCl2O4/c1-10(23)25-18-12(7-15(22)9-16(18)20)6-13-8-17(26-19(13)24)11-2-4-14(21)5-3-11/h2-9H,1H3/b13-6+. The molecule has 0 amide bonds. The molecular formula is C19H11BrCl2O4. The molecule has 1 aliphatic rings. The summed E-state index contributed by atoms with van der Waals surface area (Å²) in [6.07, 6.45) is 3.16. The highest BCUT2D eigenvalue weighted by Gasteiger charge is 2.23. The Balaban J connectivity index is 2.03. The van der Waals surface area contributed by atoms with Crippen molar-refractivity contribution in [2.75, 3.05) is 0 Å². The van der Waals surface area contributed by atoms with Crippen molar-refractivity contribution >= 4 is 62.9 Å². The van der Waals surface area contributed by atoms with Crippen molar-refractivity contribution in [2.45, 2.75) is 6.92 Å². The largest absolute Gasteiger partial charge is 0.425 e. The van der Waals surface area contributed by atoms with Crippen LogP contribution >= 0.6 is 39.1 Å². The van der Waals surface area contributed by atoms with Crippen molar-refractivity contribution in [3.8, 4) is 5.75 Å². The number of benzene rings is 2. The highest BCUT2D eigenvalue weighted by molar-refractivity contribution is 9.10. The smallest absolute Gasteiger partial charge is 0.343 e. The predicted octanol–water partition coefficient (Wildman–Crippen LogP) is 5.66. The maximum atomic E-state index is 12.2. The summed E-state index contributed by atoms with van der Waals surface area (Å²) in [5.41, 5.74) is 1.50. The van der Waals surface area contributed by atoms with E-state index in [2.05, 4.69) is 15.9 Å². The molecule has 4 nitrogen and oxygen atoms in total. The summed E-state index contributed by atoms with van der Waals surface area (Å²) < 4.78 is 11.0. The zero-order valence-electron chi connectivity index (χ0n) is 13.4. The summed E-state index contributed by atoms with van der Waals surface area (Å²) in [5, 5.41) is 1.01. The molecule has 0 fully saturated rings.